The first kappa shape index (κ1) is 15.3. The highest BCUT2D eigenvalue weighted by molar-refractivity contribution is 5.99. The minimum atomic E-state index is -0.335. The van der Waals surface area contributed by atoms with E-state index >= 15 is 0 Å². The van der Waals surface area contributed by atoms with E-state index in [9.17, 15) is 9.59 Å². The summed E-state index contributed by atoms with van der Waals surface area (Å²) in [6.45, 7) is 4.81. The summed E-state index contributed by atoms with van der Waals surface area (Å²) in [5.41, 5.74) is 13.2. The Labute approximate surface area is 124 Å². The molecular weight excluding hydrogens is 268 g/mol. The quantitative estimate of drug-likeness (QED) is 0.778. The van der Waals surface area contributed by atoms with Crippen molar-refractivity contribution in [1.29, 1.82) is 0 Å². The summed E-state index contributed by atoms with van der Waals surface area (Å²) in [5, 5.41) is 0. The van der Waals surface area contributed by atoms with Gasteiger partial charge in [0.05, 0.1) is 12.1 Å². The molecule has 0 unspecified atom stereocenters. The first-order valence-corrected chi connectivity index (χ1v) is 7.14. The van der Waals surface area contributed by atoms with E-state index in [2.05, 4.69) is 0 Å². The molecule has 21 heavy (non-hydrogen) atoms. The molecule has 1 aromatic rings. The summed E-state index contributed by atoms with van der Waals surface area (Å²) in [6, 6.07) is 5.50. The molecule has 114 valence electrons. The zero-order valence-electron chi connectivity index (χ0n) is 12.3. The first-order valence-electron chi connectivity index (χ1n) is 7.14. The van der Waals surface area contributed by atoms with Crippen LogP contribution < -0.4 is 11.5 Å². The fourth-order valence-electron chi connectivity index (χ4n) is 2.59. The van der Waals surface area contributed by atoms with Crippen molar-refractivity contribution in [1.82, 2.24) is 9.80 Å². The van der Waals surface area contributed by atoms with Crippen LogP contribution in [0.4, 0.5) is 5.69 Å². The largest absolute Gasteiger partial charge is 0.398 e. The summed E-state index contributed by atoms with van der Waals surface area (Å²) in [6.07, 6.45) is 0.824. The van der Waals surface area contributed by atoms with Gasteiger partial charge >= 0.3 is 0 Å². The highest BCUT2D eigenvalue weighted by atomic mass is 16.2. The van der Waals surface area contributed by atoms with Gasteiger partial charge in [0.1, 0.15) is 0 Å². The summed E-state index contributed by atoms with van der Waals surface area (Å²) in [7, 11) is 0. The predicted octanol–water partition coefficient (Wildman–Crippen LogP) is 0.210. The maximum absolute atomic E-state index is 12.6. The molecule has 1 aromatic carbocycles. The molecule has 6 heteroatoms. The molecule has 0 radical (unpaired) electrons. The number of hydrogen-bond donors (Lipinski definition) is 2. The smallest absolute Gasteiger partial charge is 0.255 e. The van der Waals surface area contributed by atoms with Crippen LogP contribution in [0.15, 0.2) is 18.2 Å². The topological polar surface area (TPSA) is 92.7 Å². The van der Waals surface area contributed by atoms with Crippen molar-refractivity contribution in [3.8, 4) is 0 Å². The van der Waals surface area contributed by atoms with Crippen LogP contribution in [0.5, 0.6) is 0 Å². The van der Waals surface area contributed by atoms with E-state index in [4.69, 9.17) is 11.5 Å². The van der Waals surface area contributed by atoms with Gasteiger partial charge < -0.3 is 16.4 Å². The SMILES string of the molecule is Cc1cccc(C(=O)N2CCCN(CC(N)=O)CC2)c1N. The monoisotopic (exact) mass is 290 g/mol. The van der Waals surface area contributed by atoms with E-state index in [1.165, 1.54) is 0 Å². The van der Waals surface area contributed by atoms with E-state index in [0.29, 0.717) is 30.9 Å². The Morgan fingerprint density at radius 3 is 2.67 bits per heavy atom. The van der Waals surface area contributed by atoms with Crippen LogP contribution >= 0.6 is 0 Å². The third-order valence-corrected chi connectivity index (χ3v) is 3.81. The average molecular weight is 290 g/mol. The number of hydrogen-bond acceptors (Lipinski definition) is 4. The number of benzene rings is 1. The molecule has 1 aliphatic heterocycles. The van der Waals surface area contributed by atoms with Crippen LogP contribution in [0.3, 0.4) is 0 Å². The summed E-state index contributed by atoms with van der Waals surface area (Å²) < 4.78 is 0. The lowest BCUT2D eigenvalue weighted by Crippen LogP contribution is -2.38. The highest BCUT2D eigenvalue weighted by Crippen LogP contribution is 2.19. The molecule has 2 rings (SSSR count). The second kappa shape index (κ2) is 6.58. The fourth-order valence-corrected chi connectivity index (χ4v) is 2.59. The van der Waals surface area contributed by atoms with Crippen LogP contribution in [-0.4, -0.2) is 54.3 Å². The van der Waals surface area contributed by atoms with Crippen molar-refractivity contribution in [3.05, 3.63) is 29.3 Å². The van der Waals surface area contributed by atoms with Gasteiger partial charge in [0.15, 0.2) is 0 Å². The molecule has 6 nitrogen and oxygen atoms in total. The van der Waals surface area contributed by atoms with Crippen molar-refractivity contribution in [2.75, 3.05) is 38.5 Å². The van der Waals surface area contributed by atoms with Crippen LogP contribution in [0.25, 0.3) is 0 Å². The molecule has 0 aromatic heterocycles. The minimum Gasteiger partial charge on any atom is -0.398 e. The molecule has 1 saturated heterocycles. The summed E-state index contributed by atoms with van der Waals surface area (Å²) in [4.78, 5) is 27.4. The Morgan fingerprint density at radius 1 is 1.19 bits per heavy atom. The number of nitrogens with two attached hydrogens (primary N) is 2. The Hall–Kier alpha value is -2.08. The van der Waals surface area contributed by atoms with Crippen molar-refractivity contribution >= 4 is 17.5 Å². The molecule has 0 aliphatic carbocycles. The Bertz CT molecular complexity index is 544. The number of nitrogen functional groups attached to an aromatic ring is 1. The van der Waals surface area contributed by atoms with Crippen molar-refractivity contribution < 1.29 is 9.59 Å². The van der Waals surface area contributed by atoms with Crippen LogP contribution in [0, 0.1) is 6.92 Å². The first-order chi connectivity index (χ1) is 9.99. The van der Waals surface area contributed by atoms with Gasteiger partial charge in [0, 0.05) is 31.9 Å². The third kappa shape index (κ3) is 3.72. The number of anilines is 1. The van der Waals surface area contributed by atoms with E-state index in [0.717, 1.165) is 18.5 Å². The zero-order chi connectivity index (χ0) is 15.4. The lowest BCUT2D eigenvalue weighted by Gasteiger charge is -2.22. The Balaban J connectivity index is 2.06. The van der Waals surface area contributed by atoms with E-state index in [1.54, 1.807) is 11.0 Å². The molecule has 4 N–H and O–H groups in total. The predicted molar refractivity (Wildman–Crippen MR) is 81.7 cm³/mol. The third-order valence-electron chi connectivity index (χ3n) is 3.81. The molecular formula is C15H22N4O2. The van der Waals surface area contributed by atoms with E-state index in [-0.39, 0.29) is 18.4 Å². The molecule has 1 aliphatic rings. The second-order valence-electron chi connectivity index (χ2n) is 5.42. The average Bonchev–Trinajstić information content (AvgIpc) is 2.66. The van der Waals surface area contributed by atoms with Crippen molar-refractivity contribution in [2.24, 2.45) is 5.73 Å². The summed E-state index contributed by atoms with van der Waals surface area (Å²) >= 11 is 0. The van der Waals surface area contributed by atoms with E-state index < -0.39 is 0 Å². The van der Waals surface area contributed by atoms with Gasteiger partial charge in [-0.05, 0) is 25.0 Å². The minimum absolute atomic E-state index is 0.0443. The van der Waals surface area contributed by atoms with Gasteiger partial charge in [-0.1, -0.05) is 12.1 Å². The van der Waals surface area contributed by atoms with E-state index in [1.807, 2.05) is 24.0 Å². The van der Waals surface area contributed by atoms with Gasteiger partial charge in [0.25, 0.3) is 5.91 Å². The molecule has 0 spiro atoms. The fraction of sp³-hybridized carbons (Fsp3) is 0.467. The van der Waals surface area contributed by atoms with Crippen molar-refractivity contribution in [3.63, 3.8) is 0 Å². The van der Waals surface area contributed by atoms with Crippen LogP contribution in [-0.2, 0) is 4.79 Å². The number of carbonyl (C=O) groups is 2. The molecule has 0 atom stereocenters. The number of primary amides is 1. The van der Waals surface area contributed by atoms with Gasteiger partial charge in [0.2, 0.25) is 5.91 Å². The summed E-state index contributed by atoms with van der Waals surface area (Å²) in [5.74, 6) is -0.380. The normalized spacial score (nSPS) is 16.5. The number of rotatable bonds is 3. The molecule has 0 bridgehead atoms. The molecule has 0 saturated carbocycles. The number of nitrogens with zero attached hydrogens (tertiary/aromatic N) is 2. The zero-order valence-corrected chi connectivity index (χ0v) is 12.3. The Morgan fingerprint density at radius 2 is 1.95 bits per heavy atom. The Kier molecular flexibility index (Phi) is 4.80. The molecule has 1 fully saturated rings. The molecule has 2 amide bonds. The highest BCUT2D eigenvalue weighted by Gasteiger charge is 2.22. The van der Waals surface area contributed by atoms with Gasteiger partial charge in [-0.15, -0.1) is 0 Å². The van der Waals surface area contributed by atoms with Gasteiger partial charge in [-0.3, -0.25) is 14.5 Å². The maximum atomic E-state index is 12.6. The van der Waals surface area contributed by atoms with Gasteiger partial charge in [-0.2, -0.15) is 0 Å². The van der Waals surface area contributed by atoms with Crippen LogP contribution in [0.2, 0.25) is 0 Å². The number of para-hydroxylation sites is 1. The lowest BCUT2D eigenvalue weighted by atomic mass is 10.1. The van der Waals surface area contributed by atoms with Gasteiger partial charge in [-0.25, -0.2) is 0 Å². The maximum Gasteiger partial charge on any atom is 0.255 e. The standard InChI is InChI=1S/C15H22N4O2/c1-11-4-2-5-12(14(11)17)15(21)19-7-3-6-18(8-9-19)10-13(16)20/h2,4-5H,3,6-10,17H2,1H3,(H2,16,20). The second-order valence-corrected chi connectivity index (χ2v) is 5.42. The lowest BCUT2D eigenvalue weighted by molar-refractivity contribution is -0.119. The number of amides is 2. The van der Waals surface area contributed by atoms with Crippen molar-refractivity contribution in [2.45, 2.75) is 13.3 Å². The molecule has 1 heterocycles. The number of carbonyl (C=O) groups excluding carboxylic acids is 2. The van der Waals surface area contributed by atoms with Crippen LogP contribution in [0.1, 0.15) is 22.3 Å². The number of aryl methyl sites for hydroxylation is 1.